The van der Waals surface area contributed by atoms with Crippen LogP contribution in [0.25, 0.3) is 11.0 Å². The van der Waals surface area contributed by atoms with Crippen LogP contribution in [-0.4, -0.2) is 10.8 Å². The second-order valence-electron chi connectivity index (χ2n) is 6.28. The van der Waals surface area contributed by atoms with Crippen molar-refractivity contribution in [1.82, 2.24) is 4.90 Å². The van der Waals surface area contributed by atoms with E-state index in [1.165, 1.54) is 0 Å². The highest BCUT2D eigenvalue weighted by molar-refractivity contribution is 5.96. The van der Waals surface area contributed by atoms with E-state index >= 15 is 0 Å². The average molecular weight is 341 g/mol. The van der Waals surface area contributed by atoms with Crippen molar-refractivity contribution in [1.29, 1.82) is 0 Å². The standard InChI is InChI=1S/C23H19NO2/c25-23(22-15-20-13-7-8-14-21(20)26-22)24(16-18-9-3-1-4-10-18)17-19-11-5-2-6-12-19/h1-15H,16-17H2. The topological polar surface area (TPSA) is 33.5 Å². The molecule has 0 bridgehead atoms. The predicted octanol–water partition coefficient (Wildman–Crippen LogP) is 5.28. The third kappa shape index (κ3) is 3.52. The fourth-order valence-corrected chi connectivity index (χ4v) is 3.05. The lowest BCUT2D eigenvalue weighted by atomic mass is 10.1. The normalized spacial score (nSPS) is 10.8. The zero-order valence-electron chi connectivity index (χ0n) is 14.3. The molecule has 4 rings (SSSR count). The molecule has 0 atom stereocenters. The van der Waals surface area contributed by atoms with Crippen LogP contribution in [0.5, 0.6) is 0 Å². The summed E-state index contributed by atoms with van der Waals surface area (Å²) in [6.07, 6.45) is 0. The number of furan rings is 1. The number of carbonyl (C=O) groups excluding carboxylic acids is 1. The molecule has 128 valence electrons. The number of nitrogens with zero attached hydrogens (tertiary/aromatic N) is 1. The Morgan fingerprint density at radius 2 is 1.27 bits per heavy atom. The minimum Gasteiger partial charge on any atom is -0.451 e. The molecule has 0 saturated heterocycles. The van der Waals surface area contributed by atoms with Gasteiger partial charge in [0.1, 0.15) is 5.58 Å². The third-order valence-electron chi connectivity index (χ3n) is 4.36. The van der Waals surface area contributed by atoms with Crippen LogP contribution < -0.4 is 0 Å². The zero-order chi connectivity index (χ0) is 17.8. The lowest BCUT2D eigenvalue weighted by Gasteiger charge is -2.22. The maximum atomic E-state index is 13.2. The van der Waals surface area contributed by atoms with Crippen LogP contribution in [0.15, 0.2) is 95.4 Å². The van der Waals surface area contributed by atoms with Crippen LogP contribution in [-0.2, 0) is 13.1 Å². The fraction of sp³-hybridized carbons (Fsp3) is 0.0870. The molecule has 3 heteroatoms. The van der Waals surface area contributed by atoms with E-state index in [1.807, 2.05) is 95.9 Å². The van der Waals surface area contributed by atoms with Crippen LogP contribution in [0.1, 0.15) is 21.7 Å². The smallest absolute Gasteiger partial charge is 0.290 e. The van der Waals surface area contributed by atoms with E-state index in [0.29, 0.717) is 18.8 Å². The van der Waals surface area contributed by atoms with Gasteiger partial charge in [-0.05, 0) is 23.3 Å². The van der Waals surface area contributed by atoms with Crippen molar-refractivity contribution in [2.75, 3.05) is 0 Å². The van der Waals surface area contributed by atoms with E-state index in [1.54, 1.807) is 0 Å². The van der Waals surface area contributed by atoms with Crippen LogP contribution in [0.2, 0.25) is 0 Å². The molecular formula is C23H19NO2. The van der Waals surface area contributed by atoms with E-state index in [2.05, 4.69) is 0 Å². The summed E-state index contributed by atoms with van der Waals surface area (Å²) in [6.45, 7) is 1.07. The van der Waals surface area contributed by atoms with Gasteiger partial charge in [0, 0.05) is 18.5 Å². The summed E-state index contributed by atoms with van der Waals surface area (Å²) in [6, 6.07) is 29.5. The Balaban J connectivity index is 1.65. The molecule has 1 amide bonds. The summed E-state index contributed by atoms with van der Waals surface area (Å²) < 4.78 is 5.79. The highest BCUT2D eigenvalue weighted by atomic mass is 16.3. The lowest BCUT2D eigenvalue weighted by Crippen LogP contribution is -2.29. The molecular weight excluding hydrogens is 322 g/mol. The van der Waals surface area contributed by atoms with Gasteiger partial charge in [-0.2, -0.15) is 0 Å². The summed E-state index contributed by atoms with van der Waals surface area (Å²) in [5.74, 6) is 0.270. The number of benzene rings is 3. The monoisotopic (exact) mass is 341 g/mol. The molecule has 1 aromatic heterocycles. The quantitative estimate of drug-likeness (QED) is 0.495. The SMILES string of the molecule is O=C(c1cc2ccccc2o1)N(Cc1ccccc1)Cc1ccccc1. The van der Waals surface area contributed by atoms with Crippen molar-refractivity contribution in [3.63, 3.8) is 0 Å². The molecule has 0 N–H and O–H groups in total. The second kappa shape index (κ2) is 7.28. The van der Waals surface area contributed by atoms with Crippen LogP contribution in [0.4, 0.5) is 0 Å². The number of amides is 1. The number of hydrogen-bond donors (Lipinski definition) is 0. The first kappa shape index (κ1) is 16.2. The van der Waals surface area contributed by atoms with Gasteiger partial charge in [-0.15, -0.1) is 0 Å². The van der Waals surface area contributed by atoms with Crippen molar-refractivity contribution in [3.05, 3.63) is 108 Å². The number of fused-ring (bicyclic) bond motifs is 1. The third-order valence-corrected chi connectivity index (χ3v) is 4.36. The summed E-state index contributed by atoms with van der Waals surface area (Å²) in [5.41, 5.74) is 2.91. The molecule has 1 heterocycles. The summed E-state index contributed by atoms with van der Waals surface area (Å²) >= 11 is 0. The number of rotatable bonds is 5. The Morgan fingerprint density at radius 3 is 1.85 bits per heavy atom. The van der Waals surface area contributed by atoms with Crippen LogP contribution in [0.3, 0.4) is 0 Å². The second-order valence-corrected chi connectivity index (χ2v) is 6.28. The van der Waals surface area contributed by atoms with Gasteiger partial charge in [0.15, 0.2) is 5.76 Å². The molecule has 26 heavy (non-hydrogen) atoms. The number of carbonyl (C=O) groups is 1. The van der Waals surface area contributed by atoms with Gasteiger partial charge in [0.25, 0.3) is 5.91 Å². The highest BCUT2D eigenvalue weighted by Gasteiger charge is 2.20. The zero-order valence-corrected chi connectivity index (χ0v) is 14.3. The Bertz CT molecular complexity index is 932. The summed E-state index contributed by atoms with van der Waals surface area (Å²) in [4.78, 5) is 15.0. The maximum Gasteiger partial charge on any atom is 0.290 e. The van der Waals surface area contributed by atoms with Gasteiger partial charge in [0.05, 0.1) is 0 Å². The first-order chi connectivity index (χ1) is 12.8. The first-order valence-corrected chi connectivity index (χ1v) is 8.65. The largest absolute Gasteiger partial charge is 0.451 e. The molecule has 0 aliphatic heterocycles. The van der Waals surface area contributed by atoms with Crippen LogP contribution >= 0.6 is 0 Å². The summed E-state index contributed by atoms with van der Waals surface area (Å²) in [5, 5.41) is 0.940. The molecule has 0 saturated carbocycles. The molecule has 0 aliphatic rings. The van der Waals surface area contributed by atoms with Gasteiger partial charge in [-0.3, -0.25) is 4.79 Å². The Labute approximate surface area is 152 Å². The van der Waals surface area contributed by atoms with E-state index in [-0.39, 0.29) is 5.91 Å². The number of hydrogen-bond acceptors (Lipinski definition) is 2. The van der Waals surface area contributed by atoms with Crippen molar-refractivity contribution in [2.24, 2.45) is 0 Å². The van der Waals surface area contributed by atoms with Crippen molar-refractivity contribution in [3.8, 4) is 0 Å². The fourth-order valence-electron chi connectivity index (χ4n) is 3.05. The maximum absolute atomic E-state index is 13.2. The Hall–Kier alpha value is -3.33. The highest BCUT2D eigenvalue weighted by Crippen LogP contribution is 2.22. The molecule has 0 unspecified atom stereocenters. The van der Waals surface area contributed by atoms with E-state index in [0.717, 1.165) is 22.1 Å². The molecule has 0 aliphatic carbocycles. The molecule has 3 nitrogen and oxygen atoms in total. The van der Waals surface area contributed by atoms with Gasteiger partial charge in [-0.25, -0.2) is 0 Å². The van der Waals surface area contributed by atoms with Crippen molar-refractivity contribution in [2.45, 2.75) is 13.1 Å². The minimum absolute atomic E-state index is 0.103. The lowest BCUT2D eigenvalue weighted by molar-refractivity contribution is 0.0700. The van der Waals surface area contributed by atoms with E-state index in [4.69, 9.17) is 4.42 Å². The Kier molecular flexibility index (Phi) is 4.52. The van der Waals surface area contributed by atoms with Gasteiger partial charge < -0.3 is 9.32 Å². The molecule has 0 fully saturated rings. The molecule has 4 aromatic rings. The average Bonchev–Trinajstić information content (AvgIpc) is 3.13. The first-order valence-electron chi connectivity index (χ1n) is 8.65. The molecule has 0 radical (unpaired) electrons. The Morgan fingerprint density at radius 1 is 0.731 bits per heavy atom. The van der Waals surface area contributed by atoms with Gasteiger partial charge >= 0.3 is 0 Å². The number of para-hydroxylation sites is 1. The summed E-state index contributed by atoms with van der Waals surface area (Å²) in [7, 11) is 0. The van der Waals surface area contributed by atoms with Gasteiger partial charge in [-0.1, -0.05) is 78.9 Å². The van der Waals surface area contributed by atoms with E-state index < -0.39 is 0 Å². The predicted molar refractivity (Wildman–Crippen MR) is 103 cm³/mol. The van der Waals surface area contributed by atoms with Crippen molar-refractivity contribution >= 4 is 16.9 Å². The van der Waals surface area contributed by atoms with E-state index in [9.17, 15) is 4.79 Å². The molecule has 3 aromatic carbocycles. The van der Waals surface area contributed by atoms with Gasteiger partial charge in [0.2, 0.25) is 0 Å². The van der Waals surface area contributed by atoms with Crippen LogP contribution in [0, 0.1) is 0 Å². The van der Waals surface area contributed by atoms with Crippen molar-refractivity contribution < 1.29 is 9.21 Å². The molecule has 0 spiro atoms. The minimum atomic E-state index is -0.103.